The van der Waals surface area contributed by atoms with Crippen molar-refractivity contribution in [3.8, 4) is 0 Å². The third kappa shape index (κ3) is 4.53. The van der Waals surface area contributed by atoms with E-state index in [1.165, 1.54) is 17.7 Å². The Balaban J connectivity index is 2.60. The van der Waals surface area contributed by atoms with Gasteiger partial charge in [0.05, 0.1) is 5.69 Å². The van der Waals surface area contributed by atoms with Crippen LogP contribution in [-0.2, 0) is 13.1 Å². The lowest BCUT2D eigenvalue weighted by molar-refractivity contribution is 0.464. The Bertz CT molecular complexity index is 410. The molecule has 0 saturated heterocycles. The molecule has 0 aliphatic heterocycles. The molecule has 19 heavy (non-hydrogen) atoms. The minimum absolute atomic E-state index is 0.337. The van der Waals surface area contributed by atoms with Crippen LogP contribution in [0.5, 0.6) is 0 Å². The molecular formula is C15H29N3S. The quantitative estimate of drug-likeness (QED) is 0.830. The first-order valence-corrected chi connectivity index (χ1v) is 8.34. The van der Waals surface area contributed by atoms with E-state index >= 15 is 0 Å². The van der Waals surface area contributed by atoms with E-state index in [0.29, 0.717) is 10.8 Å². The van der Waals surface area contributed by atoms with Gasteiger partial charge in [-0.25, -0.2) is 0 Å². The van der Waals surface area contributed by atoms with Crippen molar-refractivity contribution in [1.82, 2.24) is 15.1 Å². The van der Waals surface area contributed by atoms with E-state index in [0.717, 1.165) is 18.8 Å². The van der Waals surface area contributed by atoms with Gasteiger partial charge in [-0.1, -0.05) is 13.8 Å². The van der Waals surface area contributed by atoms with Gasteiger partial charge >= 0.3 is 0 Å². The monoisotopic (exact) mass is 283 g/mol. The molecule has 0 fully saturated rings. The van der Waals surface area contributed by atoms with E-state index in [2.05, 4.69) is 62.9 Å². The van der Waals surface area contributed by atoms with Crippen molar-refractivity contribution in [1.29, 1.82) is 0 Å². The standard InChI is InChI=1S/C15H29N3S/c1-8-18-13(4)14(12(3)17-18)10-16-11(2)9-15(5,6)19-7/h11,16H,8-10H2,1-7H3/t11-/m1/s1. The first-order chi connectivity index (χ1) is 8.80. The molecule has 1 N–H and O–H groups in total. The zero-order valence-corrected chi connectivity index (χ0v) is 14.3. The second-order valence-corrected chi connectivity index (χ2v) is 7.43. The molecule has 1 rings (SSSR count). The third-order valence-electron chi connectivity index (χ3n) is 3.81. The Labute approximate surface area is 122 Å². The molecule has 1 aromatic rings. The summed E-state index contributed by atoms with van der Waals surface area (Å²) in [6, 6.07) is 0.520. The van der Waals surface area contributed by atoms with Crippen molar-refractivity contribution in [2.75, 3.05) is 6.26 Å². The highest BCUT2D eigenvalue weighted by Gasteiger charge is 2.20. The van der Waals surface area contributed by atoms with Crippen molar-refractivity contribution in [3.05, 3.63) is 17.0 Å². The van der Waals surface area contributed by atoms with E-state index in [1.807, 2.05) is 11.8 Å². The average Bonchev–Trinajstić information content (AvgIpc) is 2.61. The van der Waals surface area contributed by atoms with Gasteiger partial charge in [-0.05, 0) is 40.4 Å². The summed E-state index contributed by atoms with van der Waals surface area (Å²) in [5.41, 5.74) is 3.81. The molecular weight excluding hydrogens is 254 g/mol. The number of aryl methyl sites for hydroxylation is 2. The maximum Gasteiger partial charge on any atom is 0.0641 e. The predicted octanol–water partition coefficient (Wildman–Crippen LogP) is 3.53. The second-order valence-electron chi connectivity index (χ2n) is 5.92. The van der Waals surface area contributed by atoms with Crippen LogP contribution in [0.2, 0.25) is 0 Å². The molecule has 3 nitrogen and oxygen atoms in total. The van der Waals surface area contributed by atoms with Gasteiger partial charge in [0.2, 0.25) is 0 Å². The summed E-state index contributed by atoms with van der Waals surface area (Å²) in [5, 5.41) is 8.21. The van der Waals surface area contributed by atoms with Crippen molar-refractivity contribution in [3.63, 3.8) is 0 Å². The molecule has 4 heteroatoms. The molecule has 1 heterocycles. The van der Waals surface area contributed by atoms with Gasteiger partial charge in [0, 0.05) is 35.1 Å². The first-order valence-electron chi connectivity index (χ1n) is 7.12. The highest BCUT2D eigenvalue weighted by molar-refractivity contribution is 7.99. The summed E-state index contributed by atoms with van der Waals surface area (Å²) < 4.78 is 2.42. The van der Waals surface area contributed by atoms with Gasteiger partial charge in [-0.15, -0.1) is 0 Å². The highest BCUT2D eigenvalue weighted by Crippen LogP contribution is 2.26. The number of nitrogens with zero attached hydrogens (tertiary/aromatic N) is 2. The van der Waals surface area contributed by atoms with Crippen LogP contribution in [0.1, 0.15) is 51.1 Å². The van der Waals surface area contributed by atoms with E-state index in [-0.39, 0.29) is 0 Å². The molecule has 0 aliphatic rings. The molecule has 0 spiro atoms. The Morgan fingerprint density at radius 1 is 1.37 bits per heavy atom. The maximum absolute atomic E-state index is 4.57. The molecule has 1 atom stereocenters. The summed E-state index contributed by atoms with van der Waals surface area (Å²) in [6.45, 7) is 15.2. The summed E-state index contributed by atoms with van der Waals surface area (Å²) >= 11 is 1.93. The van der Waals surface area contributed by atoms with E-state index in [1.54, 1.807) is 0 Å². The molecule has 0 amide bonds. The average molecular weight is 283 g/mol. The first kappa shape index (κ1) is 16.6. The van der Waals surface area contributed by atoms with Crippen molar-refractivity contribution in [2.45, 2.75) is 71.8 Å². The molecule has 0 radical (unpaired) electrons. The van der Waals surface area contributed by atoms with E-state index in [4.69, 9.17) is 0 Å². The number of rotatable bonds is 7. The Kier molecular flexibility index (Phi) is 5.93. The molecule has 0 bridgehead atoms. The van der Waals surface area contributed by atoms with Crippen LogP contribution in [0.4, 0.5) is 0 Å². The molecule has 0 saturated carbocycles. The van der Waals surface area contributed by atoms with Gasteiger partial charge in [-0.2, -0.15) is 16.9 Å². The van der Waals surface area contributed by atoms with Crippen molar-refractivity contribution in [2.24, 2.45) is 0 Å². The van der Waals surface area contributed by atoms with Crippen LogP contribution in [0, 0.1) is 13.8 Å². The number of hydrogen-bond donors (Lipinski definition) is 1. The van der Waals surface area contributed by atoms with Gasteiger partial charge < -0.3 is 5.32 Å². The highest BCUT2D eigenvalue weighted by atomic mass is 32.2. The summed E-state index contributed by atoms with van der Waals surface area (Å²) in [7, 11) is 0. The van der Waals surface area contributed by atoms with Crippen molar-refractivity contribution >= 4 is 11.8 Å². The number of nitrogens with one attached hydrogen (secondary N) is 1. The maximum atomic E-state index is 4.57. The Morgan fingerprint density at radius 3 is 2.47 bits per heavy atom. The minimum Gasteiger partial charge on any atom is -0.310 e. The zero-order valence-electron chi connectivity index (χ0n) is 13.5. The topological polar surface area (TPSA) is 29.9 Å². The third-order valence-corrected chi connectivity index (χ3v) is 5.08. The molecule has 0 unspecified atom stereocenters. The van der Waals surface area contributed by atoms with Gasteiger partial charge in [0.15, 0.2) is 0 Å². The summed E-state index contributed by atoms with van der Waals surface area (Å²) in [6.07, 6.45) is 3.36. The molecule has 1 aromatic heterocycles. The van der Waals surface area contributed by atoms with Crippen molar-refractivity contribution < 1.29 is 0 Å². The fraction of sp³-hybridized carbons (Fsp3) is 0.800. The summed E-state index contributed by atoms with van der Waals surface area (Å²) in [5.74, 6) is 0. The van der Waals surface area contributed by atoms with Gasteiger partial charge in [0.1, 0.15) is 0 Å². The smallest absolute Gasteiger partial charge is 0.0641 e. The number of aromatic nitrogens is 2. The molecule has 110 valence electrons. The SMILES string of the molecule is CCn1nc(C)c(CN[C@H](C)CC(C)(C)SC)c1C. The lowest BCUT2D eigenvalue weighted by atomic mass is 10.0. The fourth-order valence-corrected chi connectivity index (χ4v) is 2.88. The minimum atomic E-state index is 0.337. The zero-order chi connectivity index (χ0) is 14.6. The van der Waals surface area contributed by atoms with E-state index in [9.17, 15) is 0 Å². The molecule has 0 aliphatic carbocycles. The molecule has 0 aromatic carbocycles. The fourth-order valence-electron chi connectivity index (χ4n) is 2.47. The predicted molar refractivity (Wildman–Crippen MR) is 85.9 cm³/mol. The number of thioether (sulfide) groups is 1. The lowest BCUT2D eigenvalue weighted by Gasteiger charge is -2.26. The largest absolute Gasteiger partial charge is 0.310 e. The van der Waals surface area contributed by atoms with Crippen LogP contribution in [0.3, 0.4) is 0 Å². The second kappa shape index (κ2) is 6.80. The van der Waals surface area contributed by atoms with Crippen LogP contribution in [0.15, 0.2) is 0 Å². The Morgan fingerprint density at radius 2 is 2.00 bits per heavy atom. The van der Waals surface area contributed by atoms with Gasteiger partial charge in [0.25, 0.3) is 0 Å². The van der Waals surface area contributed by atoms with Crippen LogP contribution in [-0.4, -0.2) is 26.8 Å². The number of hydrogen-bond acceptors (Lipinski definition) is 3. The Hall–Kier alpha value is -0.480. The van der Waals surface area contributed by atoms with Crippen LogP contribution in [0.25, 0.3) is 0 Å². The summed E-state index contributed by atoms with van der Waals surface area (Å²) in [4.78, 5) is 0. The van der Waals surface area contributed by atoms with Gasteiger partial charge in [-0.3, -0.25) is 4.68 Å². The van der Waals surface area contributed by atoms with E-state index < -0.39 is 0 Å². The van der Waals surface area contributed by atoms with Crippen LogP contribution >= 0.6 is 11.8 Å². The van der Waals surface area contributed by atoms with Crippen LogP contribution < -0.4 is 5.32 Å². The lowest BCUT2D eigenvalue weighted by Crippen LogP contribution is -2.32. The normalized spacial score (nSPS) is 13.8.